The largest absolute Gasteiger partial charge is 0.381 e. The number of hydrogen-bond donors (Lipinski definition) is 0. The Labute approximate surface area is 85.1 Å². The van der Waals surface area contributed by atoms with E-state index in [1.165, 1.54) is 5.69 Å². The molecule has 0 aliphatic carbocycles. The summed E-state index contributed by atoms with van der Waals surface area (Å²) in [5.74, 6) is 0.556. The van der Waals surface area contributed by atoms with Crippen LogP contribution in [0.4, 0.5) is 0 Å². The Hall–Kier alpha value is -0.830. The number of nitrogens with zero attached hydrogens (tertiary/aromatic N) is 2. The van der Waals surface area contributed by atoms with Crippen LogP contribution in [0.2, 0.25) is 0 Å². The van der Waals surface area contributed by atoms with Gasteiger partial charge < -0.3 is 4.74 Å². The Morgan fingerprint density at radius 3 is 2.79 bits per heavy atom. The smallest absolute Gasteiger partial charge is 0.0566 e. The van der Waals surface area contributed by atoms with Gasteiger partial charge in [0.2, 0.25) is 0 Å². The third-order valence-electron chi connectivity index (χ3n) is 2.83. The van der Waals surface area contributed by atoms with Crippen molar-refractivity contribution in [2.75, 3.05) is 13.2 Å². The van der Waals surface area contributed by atoms with Gasteiger partial charge >= 0.3 is 0 Å². The molecule has 1 aliphatic heterocycles. The summed E-state index contributed by atoms with van der Waals surface area (Å²) in [7, 11) is 0. The fraction of sp³-hybridized carbons (Fsp3) is 0.727. The standard InChI is InChI=1S/C11H18N2O/c1-9(2)11-3-6-12-13(11)10-4-7-14-8-5-10/h3,6,9-10H,4-5,7-8H2,1-2H3. The molecule has 14 heavy (non-hydrogen) atoms. The Bertz CT molecular complexity index is 287. The molecule has 0 bridgehead atoms. The molecule has 0 N–H and O–H groups in total. The second kappa shape index (κ2) is 4.13. The molecular weight excluding hydrogens is 176 g/mol. The predicted octanol–water partition coefficient (Wildman–Crippen LogP) is 2.36. The van der Waals surface area contributed by atoms with Crippen molar-refractivity contribution in [1.82, 2.24) is 9.78 Å². The first-order valence-corrected chi connectivity index (χ1v) is 5.40. The summed E-state index contributed by atoms with van der Waals surface area (Å²) in [6.45, 7) is 6.18. The SMILES string of the molecule is CC(C)c1ccnn1C1CCOCC1. The molecule has 0 radical (unpaired) electrons. The summed E-state index contributed by atoms with van der Waals surface area (Å²) in [5.41, 5.74) is 1.34. The lowest BCUT2D eigenvalue weighted by molar-refractivity contribution is 0.0652. The average Bonchev–Trinajstić information content (AvgIpc) is 2.67. The van der Waals surface area contributed by atoms with Crippen molar-refractivity contribution in [2.24, 2.45) is 0 Å². The van der Waals surface area contributed by atoms with Crippen LogP contribution in [0.25, 0.3) is 0 Å². The van der Waals surface area contributed by atoms with Crippen molar-refractivity contribution in [3.05, 3.63) is 18.0 Å². The molecule has 1 aromatic rings. The van der Waals surface area contributed by atoms with E-state index < -0.39 is 0 Å². The van der Waals surface area contributed by atoms with E-state index in [4.69, 9.17) is 4.74 Å². The summed E-state index contributed by atoms with van der Waals surface area (Å²) in [5, 5.41) is 4.42. The van der Waals surface area contributed by atoms with Crippen molar-refractivity contribution in [2.45, 2.75) is 38.6 Å². The zero-order valence-corrected chi connectivity index (χ0v) is 8.94. The highest BCUT2D eigenvalue weighted by Gasteiger charge is 2.19. The molecule has 78 valence electrons. The minimum atomic E-state index is 0.552. The van der Waals surface area contributed by atoms with Gasteiger partial charge in [-0.25, -0.2) is 0 Å². The summed E-state index contributed by atoms with van der Waals surface area (Å²) >= 11 is 0. The van der Waals surface area contributed by atoms with E-state index >= 15 is 0 Å². The fourth-order valence-electron chi connectivity index (χ4n) is 2.02. The third kappa shape index (κ3) is 1.82. The van der Waals surface area contributed by atoms with Crippen LogP contribution in [-0.2, 0) is 4.74 Å². The minimum Gasteiger partial charge on any atom is -0.381 e. The predicted molar refractivity (Wildman–Crippen MR) is 55.4 cm³/mol. The second-order valence-electron chi connectivity index (χ2n) is 4.20. The van der Waals surface area contributed by atoms with Crippen LogP contribution >= 0.6 is 0 Å². The van der Waals surface area contributed by atoms with Crippen molar-refractivity contribution in [1.29, 1.82) is 0 Å². The van der Waals surface area contributed by atoms with E-state index in [9.17, 15) is 0 Å². The summed E-state index contributed by atoms with van der Waals surface area (Å²) in [6.07, 6.45) is 4.10. The molecule has 1 fully saturated rings. The molecule has 0 spiro atoms. The third-order valence-corrected chi connectivity index (χ3v) is 2.83. The van der Waals surface area contributed by atoms with Crippen LogP contribution in [0.3, 0.4) is 0 Å². The van der Waals surface area contributed by atoms with Gasteiger partial charge in [-0.2, -0.15) is 5.10 Å². The van der Waals surface area contributed by atoms with Gasteiger partial charge in [0.15, 0.2) is 0 Å². The molecule has 2 rings (SSSR count). The molecule has 1 aliphatic rings. The lowest BCUT2D eigenvalue weighted by Gasteiger charge is -2.25. The van der Waals surface area contributed by atoms with E-state index in [2.05, 4.69) is 29.7 Å². The molecule has 3 heteroatoms. The molecule has 0 atom stereocenters. The molecular formula is C11H18N2O. The van der Waals surface area contributed by atoms with Crippen LogP contribution in [0.1, 0.15) is 44.3 Å². The maximum absolute atomic E-state index is 5.36. The second-order valence-corrected chi connectivity index (χ2v) is 4.20. The maximum atomic E-state index is 5.36. The Morgan fingerprint density at radius 1 is 1.43 bits per heavy atom. The summed E-state index contributed by atoms with van der Waals surface area (Å²) in [6, 6.07) is 2.68. The Balaban J connectivity index is 2.17. The molecule has 1 aromatic heterocycles. The fourth-order valence-corrected chi connectivity index (χ4v) is 2.02. The first kappa shape index (κ1) is 9.71. The normalized spacial score (nSPS) is 19.1. The van der Waals surface area contributed by atoms with Crippen molar-refractivity contribution >= 4 is 0 Å². The first-order valence-electron chi connectivity index (χ1n) is 5.40. The lowest BCUT2D eigenvalue weighted by atomic mass is 10.1. The van der Waals surface area contributed by atoms with Gasteiger partial charge in [-0.15, -0.1) is 0 Å². The van der Waals surface area contributed by atoms with Gasteiger partial charge in [0, 0.05) is 25.1 Å². The van der Waals surface area contributed by atoms with Crippen molar-refractivity contribution in [3.63, 3.8) is 0 Å². The number of hydrogen-bond acceptors (Lipinski definition) is 2. The van der Waals surface area contributed by atoms with E-state index in [0.717, 1.165) is 26.1 Å². The van der Waals surface area contributed by atoms with Gasteiger partial charge in [-0.3, -0.25) is 4.68 Å². The van der Waals surface area contributed by atoms with Crippen LogP contribution in [0, 0.1) is 0 Å². The minimum absolute atomic E-state index is 0.552. The molecule has 2 heterocycles. The quantitative estimate of drug-likeness (QED) is 0.722. The number of ether oxygens (including phenoxy) is 1. The summed E-state index contributed by atoms with van der Waals surface area (Å²) < 4.78 is 7.54. The maximum Gasteiger partial charge on any atom is 0.0566 e. The number of rotatable bonds is 2. The van der Waals surface area contributed by atoms with Crippen LogP contribution in [-0.4, -0.2) is 23.0 Å². The van der Waals surface area contributed by atoms with Crippen LogP contribution < -0.4 is 0 Å². The van der Waals surface area contributed by atoms with Gasteiger partial charge in [0.1, 0.15) is 0 Å². The van der Waals surface area contributed by atoms with E-state index in [1.54, 1.807) is 0 Å². The molecule has 0 amide bonds. The van der Waals surface area contributed by atoms with Gasteiger partial charge in [0.25, 0.3) is 0 Å². The zero-order valence-electron chi connectivity index (χ0n) is 8.94. The molecule has 3 nitrogen and oxygen atoms in total. The summed E-state index contributed by atoms with van der Waals surface area (Å²) in [4.78, 5) is 0. The highest BCUT2D eigenvalue weighted by Crippen LogP contribution is 2.24. The van der Waals surface area contributed by atoms with Gasteiger partial charge in [0.05, 0.1) is 6.04 Å². The first-order chi connectivity index (χ1) is 6.79. The molecule has 0 saturated carbocycles. The topological polar surface area (TPSA) is 27.1 Å². The van der Waals surface area contributed by atoms with Crippen molar-refractivity contribution < 1.29 is 4.74 Å². The molecule has 0 aromatic carbocycles. The van der Waals surface area contributed by atoms with Gasteiger partial charge in [-0.1, -0.05) is 13.8 Å². The molecule has 0 unspecified atom stereocenters. The highest BCUT2D eigenvalue weighted by atomic mass is 16.5. The van der Waals surface area contributed by atoms with Gasteiger partial charge in [-0.05, 0) is 24.8 Å². The zero-order chi connectivity index (χ0) is 9.97. The van der Waals surface area contributed by atoms with E-state index in [1.807, 2.05) is 6.20 Å². The number of aromatic nitrogens is 2. The average molecular weight is 194 g/mol. The van der Waals surface area contributed by atoms with Crippen LogP contribution in [0.5, 0.6) is 0 Å². The van der Waals surface area contributed by atoms with E-state index in [0.29, 0.717) is 12.0 Å². The Kier molecular flexibility index (Phi) is 2.87. The lowest BCUT2D eigenvalue weighted by Crippen LogP contribution is -2.22. The van der Waals surface area contributed by atoms with E-state index in [-0.39, 0.29) is 0 Å². The van der Waals surface area contributed by atoms with Crippen LogP contribution in [0.15, 0.2) is 12.3 Å². The monoisotopic (exact) mass is 194 g/mol. The molecule has 1 saturated heterocycles. The van der Waals surface area contributed by atoms with Crippen molar-refractivity contribution in [3.8, 4) is 0 Å². The Morgan fingerprint density at radius 2 is 2.14 bits per heavy atom. The highest BCUT2D eigenvalue weighted by molar-refractivity contribution is 5.06.